The lowest BCUT2D eigenvalue weighted by Gasteiger charge is -2.05. The highest BCUT2D eigenvalue weighted by Gasteiger charge is 2.04. The van der Waals surface area contributed by atoms with E-state index in [1.807, 2.05) is 0 Å². The average molecular weight is 667 g/mol. The van der Waals surface area contributed by atoms with Gasteiger partial charge < -0.3 is 20.8 Å². The molecule has 0 aliphatic heterocycles. The Bertz CT molecular complexity index is 1020. The molecule has 0 aromatic heterocycles. The van der Waals surface area contributed by atoms with Crippen molar-refractivity contribution in [2.24, 2.45) is 0 Å². The van der Waals surface area contributed by atoms with E-state index in [2.05, 4.69) is 24.5 Å². The molecule has 0 saturated heterocycles. The Hall–Kier alpha value is -3.02. The van der Waals surface area contributed by atoms with Gasteiger partial charge in [0.2, 0.25) is 11.8 Å². The van der Waals surface area contributed by atoms with Crippen molar-refractivity contribution in [1.29, 1.82) is 0 Å². The number of nitrogens with one attached hydrogen (secondary N) is 2. The van der Waals surface area contributed by atoms with Crippen molar-refractivity contribution in [1.82, 2.24) is 0 Å². The number of unbranched alkanes of at least 4 members (excludes halogenated alkanes) is 22. The standard InChI is InChI=1S/C24H41NO2.C18H29NO2/c1-2-3-4-5-6-7-8-9-10-11-12-13-14-15-16-17-24(27)25-22-18-20-23(26)21-19-22;1-2-3-4-5-6-7-8-9-10-11-18(21)19-16-12-14-17(20)15-13-16/h18-21,26H,2-17H2,1H3,(H,25,27);12-15,20H,2-11H2,1H3,(H,19,21). The molecular weight excluding hydrogens is 596 g/mol. The van der Waals surface area contributed by atoms with Gasteiger partial charge in [0.1, 0.15) is 11.5 Å². The normalized spacial score (nSPS) is 10.7. The van der Waals surface area contributed by atoms with Crippen LogP contribution in [0.2, 0.25) is 0 Å². The SMILES string of the molecule is CCCCCCCCCCCC(=O)Nc1ccc(O)cc1.CCCCCCCCCCCCCCCCCC(=O)Nc1ccc(O)cc1. The third-order valence-corrected chi connectivity index (χ3v) is 8.82. The summed E-state index contributed by atoms with van der Waals surface area (Å²) in [5.74, 6) is 0.557. The zero-order valence-electron chi connectivity index (χ0n) is 30.7. The van der Waals surface area contributed by atoms with Crippen LogP contribution in [0.15, 0.2) is 48.5 Å². The fraction of sp³-hybridized carbons (Fsp3) is 0.667. The van der Waals surface area contributed by atoms with E-state index in [1.165, 1.54) is 128 Å². The number of benzene rings is 2. The lowest BCUT2D eigenvalue weighted by Crippen LogP contribution is -2.10. The lowest BCUT2D eigenvalue weighted by molar-refractivity contribution is -0.117. The maximum absolute atomic E-state index is 11.9. The fourth-order valence-electron chi connectivity index (χ4n) is 5.79. The van der Waals surface area contributed by atoms with Gasteiger partial charge in [0, 0.05) is 24.2 Å². The molecule has 2 amide bonds. The summed E-state index contributed by atoms with van der Waals surface area (Å²) in [5, 5.41) is 24.1. The molecule has 48 heavy (non-hydrogen) atoms. The minimum Gasteiger partial charge on any atom is -0.508 e. The van der Waals surface area contributed by atoms with Gasteiger partial charge in [-0.2, -0.15) is 0 Å². The molecule has 0 fully saturated rings. The average Bonchev–Trinajstić information content (AvgIpc) is 3.08. The summed E-state index contributed by atoms with van der Waals surface area (Å²) in [4.78, 5) is 23.6. The molecule has 0 atom stereocenters. The Kier molecular flexibility index (Phi) is 28.0. The molecule has 0 saturated carbocycles. The third kappa shape index (κ3) is 27.0. The number of anilines is 2. The van der Waals surface area contributed by atoms with Gasteiger partial charge >= 0.3 is 0 Å². The second kappa shape index (κ2) is 31.3. The lowest BCUT2D eigenvalue weighted by atomic mass is 10.0. The number of carbonyl (C=O) groups is 2. The summed E-state index contributed by atoms with van der Waals surface area (Å²) in [6.45, 7) is 4.51. The molecule has 4 N–H and O–H groups in total. The molecule has 0 radical (unpaired) electrons. The number of aromatic hydroxyl groups is 2. The second-order valence-corrected chi connectivity index (χ2v) is 13.5. The molecule has 2 rings (SSSR count). The van der Waals surface area contributed by atoms with Crippen molar-refractivity contribution in [3.63, 3.8) is 0 Å². The van der Waals surface area contributed by atoms with Gasteiger partial charge in [-0.25, -0.2) is 0 Å². The molecule has 6 heteroatoms. The van der Waals surface area contributed by atoms with E-state index < -0.39 is 0 Å². The highest BCUT2D eigenvalue weighted by atomic mass is 16.3. The summed E-state index contributed by atoms with van der Waals surface area (Å²) >= 11 is 0. The topological polar surface area (TPSA) is 98.7 Å². The zero-order chi connectivity index (χ0) is 34.9. The molecule has 2 aromatic carbocycles. The van der Waals surface area contributed by atoms with Crippen LogP contribution in [0.1, 0.15) is 181 Å². The van der Waals surface area contributed by atoms with Gasteiger partial charge in [-0.05, 0) is 61.4 Å². The first kappa shape index (κ1) is 43.0. The maximum Gasteiger partial charge on any atom is 0.224 e. The van der Waals surface area contributed by atoms with E-state index >= 15 is 0 Å². The third-order valence-electron chi connectivity index (χ3n) is 8.82. The van der Waals surface area contributed by atoms with Gasteiger partial charge in [0.15, 0.2) is 0 Å². The number of phenolic OH excluding ortho intramolecular Hbond substituents is 2. The van der Waals surface area contributed by atoms with E-state index in [0.717, 1.165) is 37.1 Å². The first-order valence-corrected chi connectivity index (χ1v) is 19.6. The van der Waals surface area contributed by atoms with E-state index in [9.17, 15) is 14.7 Å². The minimum atomic E-state index is 0.0589. The van der Waals surface area contributed by atoms with Crippen molar-refractivity contribution in [2.75, 3.05) is 10.6 Å². The minimum absolute atomic E-state index is 0.0589. The van der Waals surface area contributed by atoms with Crippen LogP contribution in [0.4, 0.5) is 11.4 Å². The molecule has 0 aliphatic carbocycles. The number of phenols is 2. The fourth-order valence-corrected chi connectivity index (χ4v) is 5.79. The van der Waals surface area contributed by atoms with E-state index in [1.54, 1.807) is 48.5 Å². The summed E-state index contributed by atoms with van der Waals surface area (Å²) < 4.78 is 0. The van der Waals surface area contributed by atoms with Crippen LogP contribution in [0.5, 0.6) is 11.5 Å². The first-order valence-electron chi connectivity index (χ1n) is 19.6. The van der Waals surface area contributed by atoms with Crippen LogP contribution < -0.4 is 10.6 Å². The van der Waals surface area contributed by atoms with Crippen molar-refractivity contribution >= 4 is 23.2 Å². The van der Waals surface area contributed by atoms with E-state index in [-0.39, 0.29) is 23.3 Å². The summed E-state index contributed by atoms with van der Waals surface area (Å²) in [6.07, 6.45) is 32.5. The van der Waals surface area contributed by atoms with Gasteiger partial charge in [-0.1, -0.05) is 155 Å². The Balaban J connectivity index is 0.000000495. The zero-order valence-corrected chi connectivity index (χ0v) is 30.7. The van der Waals surface area contributed by atoms with Crippen molar-refractivity contribution in [2.45, 2.75) is 181 Å². The largest absolute Gasteiger partial charge is 0.508 e. The van der Waals surface area contributed by atoms with Crippen LogP contribution in [-0.4, -0.2) is 22.0 Å². The van der Waals surface area contributed by atoms with Crippen molar-refractivity contribution in [3.8, 4) is 11.5 Å². The number of carbonyl (C=O) groups excluding carboxylic acids is 2. The summed E-state index contributed by atoms with van der Waals surface area (Å²) in [6, 6.07) is 13.2. The number of hydrogen-bond donors (Lipinski definition) is 4. The molecule has 6 nitrogen and oxygen atoms in total. The second-order valence-electron chi connectivity index (χ2n) is 13.5. The molecule has 272 valence electrons. The number of hydrogen-bond acceptors (Lipinski definition) is 4. The Morgan fingerprint density at radius 2 is 0.625 bits per heavy atom. The maximum atomic E-state index is 11.9. The Morgan fingerprint density at radius 1 is 0.396 bits per heavy atom. The Labute approximate surface area is 293 Å². The molecular formula is C42H70N2O4. The number of rotatable bonds is 28. The first-order chi connectivity index (χ1) is 23.4. The predicted octanol–water partition coefficient (Wildman–Crippen LogP) is 12.8. The van der Waals surface area contributed by atoms with Gasteiger partial charge in [-0.15, -0.1) is 0 Å². The summed E-state index contributed by atoms with van der Waals surface area (Å²) in [7, 11) is 0. The van der Waals surface area contributed by atoms with Gasteiger partial charge in [0.25, 0.3) is 0 Å². The quantitative estimate of drug-likeness (QED) is 0.0536. The molecule has 2 aromatic rings. The van der Waals surface area contributed by atoms with Gasteiger partial charge in [-0.3, -0.25) is 9.59 Å². The van der Waals surface area contributed by atoms with Crippen molar-refractivity contribution in [3.05, 3.63) is 48.5 Å². The van der Waals surface area contributed by atoms with Gasteiger partial charge in [0.05, 0.1) is 0 Å². The van der Waals surface area contributed by atoms with Crippen LogP contribution in [0, 0.1) is 0 Å². The molecule has 0 bridgehead atoms. The van der Waals surface area contributed by atoms with E-state index in [0.29, 0.717) is 12.8 Å². The smallest absolute Gasteiger partial charge is 0.224 e. The van der Waals surface area contributed by atoms with Crippen LogP contribution in [0.25, 0.3) is 0 Å². The monoisotopic (exact) mass is 667 g/mol. The van der Waals surface area contributed by atoms with Crippen LogP contribution in [-0.2, 0) is 9.59 Å². The molecule has 0 heterocycles. The highest BCUT2D eigenvalue weighted by molar-refractivity contribution is 5.91. The molecule has 0 aliphatic rings. The summed E-state index contributed by atoms with van der Waals surface area (Å²) in [5.41, 5.74) is 1.49. The van der Waals surface area contributed by atoms with Crippen LogP contribution in [0.3, 0.4) is 0 Å². The van der Waals surface area contributed by atoms with Crippen molar-refractivity contribution < 1.29 is 19.8 Å². The number of amides is 2. The predicted molar refractivity (Wildman–Crippen MR) is 205 cm³/mol. The Morgan fingerprint density at radius 3 is 0.875 bits per heavy atom. The molecule has 0 unspecified atom stereocenters. The molecule has 0 spiro atoms. The van der Waals surface area contributed by atoms with E-state index in [4.69, 9.17) is 5.11 Å². The van der Waals surface area contributed by atoms with Crippen LogP contribution >= 0.6 is 0 Å². The highest BCUT2D eigenvalue weighted by Crippen LogP contribution is 2.17.